The van der Waals surface area contributed by atoms with Crippen LogP contribution in [-0.4, -0.2) is 19.6 Å². The standard InChI is InChI=1S/C8H9NO4S/c1-6-3-4-7(9(10)11)8(5-6)14(2,12)13/h3-5H,1-2H3. The highest BCUT2D eigenvalue weighted by molar-refractivity contribution is 7.90. The maximum atomic E-state index is 11.2. The average molecular weight is 215 g/mol. The first-order valence-electron chi connectivity index (χ1n) is 3.77. The molecule has 0 saturated heterocycles. The second kappa shape index (κ2) is 3.38. The van der Waals surface area contributed by atoms with Crippen LogP contribution in [0.3, 0.4) is 0 Å². The normalized spacial score (nSPS) is 11.3. The van der Waals surface area contributed by atoms with Crippen LogP contribution in [0.15, 0.2) is 23.1 Å². The highest BCUT2D eigenvalue weighted by Crippen LogP contribution is 2.24. The Morgan fingerprint density at radius 2 is 1.93 bits per heavy atom. The Hall–Kier alpha value is -1.43. The minimum atomic E-state index is -3.54. The van der Waals surface area contributed by atoms with Gasteiger partial charge in [-0.3, -0.25) is 10.1 Å². The molecule has 0 heterocycles. The summed E-state index contributed by atoms with van der Waals surface area (Å²) < 4.78 is 22.4. The predicted molar refractivity (Wildman–Crippen MR) is 50.9 cm³/mol. The number of rotatable bonds is 2. The van der Waals surface area contributed by atoms with Crippen LogP contribution in [-0.2, 0) is 9.84 Å². The summed E-state index contributed by atoms with van der Waals surface area (Å²) in [4.78, 5) is 9.59. The Labute approximate surface area is 81.4 Å². The fourth-order valence-electron chi connectivity index (χ4n) is 1.07. The number of hydrogen-bond acceptors (Lipinski definition) is 4. The summed E-state index contributed by atoms with van der Waals surface area (Å²) in [5.41, 5.74) is 0.300. The average Bonchev–Trinajstić information content (AvgIpc) is 2.01. The van der Waals surface area contributed by atoms with Crippen LogP contribution in [0.4, 0.5) is 5.69 Å². The largest absolute Gasteiger partial charge is 0.287 e. The van der Waals surface area contributed by atoms with Crippen LogP contribution in [0.2, 0.25) is 0 Å². The first-order chi connectivity index (χ1) is 6.32. The summed E-state index contributed by atoms with van der Waals surface area (Å²) >= 11 is 0. The minimum absolute atomic E-state index is 0.234. The van der Waals surface area contributed by atoms with E-state index in [1.807, 2.05) is 0 Å². The van der Waals surface area contributed by atoms with Crippen molar-refractivity contribution >= 4 is 15.5 Å². The van der Waals surface area contributed by atoms with Gasteiger partial charge >= 0.3 is 0 Å². The number of benzene rings is 1. The molecule has 0 spiro atoms. The maximum Gasteiger partial charge on any atom is 0.287 e. The van der Waals surface area contributed by atoms with Crippen molar-refractivity contribution in [2.45, 2.75) is 11.8 Å². The Morgan fingerprint density at radius 3 is 2.36 bits per heavy atom. The third-order valence-corrected chi connectivity index (χ3v) is 2.84. The van der Waals surface area contributed by atoms with E-state index in [-0.39, 0.29) is 10.6 Å². The molecule has 0 saturated carbocycles. The van der Waals surface area contributed by atoms with Crippen molar-refractivity contribution in [2.75, 3.05) is 6.26 Å². The third-order valence-electron chi connectivity index (χ3n) is 1.71. The molecule has 0 unspecified atom stereocenters. The number of sulfone groups is 1. The molecule has 0 aliphatic carbocycles. The van der Waals surface area contributed by atoms with Gasteiger partial charge in [0.05, 0.1) is 4.92 Å². The molecular weight excluding hydrogens is 206 g/mol. The zero-order valence-corrected chi connectivity index (χ0v) is 8.54. The van der Waals surface area contributed by atoms with E-state index >= 15 is 0 Å². The lowest BCUT2D eigenvalue weighted by atomic mass is 10.2. The van der Waals surface area contributed by atoms with E-state index in [0.717, 1.165) is 6.26 Å². The van der Waals surface area contributed by atoms with E-state index in [4.69, 9.17) is 0 Å². The zero-order valence-electron chi connectivity index (χ0n) is 7.72. The van der Waals surface area contributed by atoms with Gasteiger partial charge in [-0.25, -0.2) is 8.42 Å². The van der Waals surface area contributed by atoms with Gasteiger partial charge in [0.2, 0.25) is 0 Å². The van der Waals surface area contributed by atoms with Crippen molar-refractivity contribution in [3.63, 3.8) is 0 Å². The van der Waals surface area contributed by atoms with Crippen LogP contribution >= 0.6 is 0 Å². The van der Waals surface area contributed by atoms with Crippen LogP contribution in [0.25, 0.3) is 0 Å². The summed E-state index contributed by atoms with van der Waals surface area (Å²) in [6.07, 6.45) is 0.953. The van der Waals surface area contributed by atoms with Crippen molar-refractivity contribution in [2.24, 2.45) is 0 Å². The second-order valence-electron chi connectivity index (χ2n) is 3.00. The molecule has 1 aromatic rings. The van der Waals surface area contributed by atoms with Gasteiger partial charge in [-0.2, -0.15) is 0 Å². The molecule has 0 atom stereocenters. The van der Waals surface area contributed by atoms with E-state index in [1.165, 1.54) is 18.2 Å². The SMILES string of the molecule is Cc1ccc([N+](=O)[O-])c(S(C)(=O)=O)c1. The number of hydrogen-bond donors (Lipinski definition) is 0. The van der Waals surface area contributed by atoms with Gasteiger partial charge in [-0.1, -0.05) is 6.07 Å². The molecule has 76 valence electrons. The van der Waals surface area contributed by atoms with Crippen molar-refractivity contribution in [3.8, 4) is 0 Å². The molecule has 0 radical (unpaired) electrons. The lowest BCUT2D eigenvalue weighted by Crippen LogP contribution is -2.02. The smallest absolute Gasteiger partial charge is 0.258 e. The number of nitro groups is 1. The Kier molecular flexibility index (Phi) is 2.57. The second-order valence-corrected chi connectivity index (χ2v) is 4.98. The van der Waals surface area contributed by atoms with Crippen LogP contribution in [0, 0.1) is 17.0 Å². The Morgan fingerprint density at radius 1 is 1.36 bits per heavy atom. The summed E-state index contributed by atoms with van der Waals surface area (Å²) in [6, 6.07) is 4.01. The van der Waals surface area contributed by atoms with E-state index in [1.54, 1.807) is 6.92 Å². The number of nitro benzene ring substituents is 1. The first-order valence-corrected chi connectivity index (χ1v) is 5.66. The van der Waals surface area contributed by atoms with Gasteiger partial charge in [0, 0.05) is 12.3 Å². The van der Waals surface area contributed by atoms with E-state index < -0.39 is 14.8 Å². The van der Waals surface area contributed by atoms with E-state index in [0.29, 0.717) is 5.56 Å². The monoisotopic (exact) mass is 215 g/mol. The summed E-state index contributed by atoms with van der Waals surface area (Å²) in [5.74, 6) is 0. The molecular formula is C8H9NO4S. The van der Waals surface area contributed by atoms with Crippen molar-refractivity contribution in [3.05, 3.63) is 33.9 Å². The zero-order chi connectivity index (χ0) is 10.9. The fraction of sp³-hybridized carbons (Fsp3) is 0.250. The van der Waals surface area contributed by atoms with Gasteiger partial charge < -0.3 is 0 Å². The van der Waals surface area contributed by atoms with Crippen LogP contribution in [0.1, 0.15) is 5.56 Å². The Balaban J connectivity index is 3.54. The van der Waals surface area contributed by atoms with Gasteiger partial charge in [0.25, 0.3) is 5.69 Å². The third kappa shape index (κ3) is 2.08. The van der Waals surface area contributed by atoms with Crippen molar-refractivity contribution in [1.29, 1.82) is 0 Å². The van der Waals surface area contributed by atoms with Gasteiger partial charge in [-0.15, -0.1) is 0 Å². The lowest BCUT2D eigenvalue weighted by molar-refractivity contribution is -0.387. The molecule has 0 N–H and O–H groups in total. The quantitative estimate of drug-likeness (QED) is 0.550. The summed E-state index contributed by atoms with van der Waals surface area (Å²) in [6.45, 7) is 1.68. The molecule has 0 aliphatic rings. The lowest BCUT2D eigenvalue weighted by Gasteiger charge is -2.01. The first kappa shape index (κ1) is 10.6. The molecule has 0 aliphatic heterocycles. The number of aryl methyl sites for hydroxylation is 1. The minimum Gasteiger partial charge on any atom is -0.258 e. The predicted octanol–water partition coefficient (Wildman–Crippen LogP) is 1.31. The van der Waals surface area contributed by atoms with Crippen molar-refractivity contribution in [1.82, 2.24) is 0 Å². The number of nitrogens with zero attached hydrogens (tertiary/aromatic N) is 1. The fourth-order valence-corrected chi connectivity index (χ4v) is 1.99. The molecule has 1 rings (SSSR count). The van der Waals surface area contributed by atoms with Crippen LogP contribution in [0.5, 0.6) is 0 Å². The van der Waals surface area contributed by atoms with Gasteiger partial charge in [0.15, 0.2) is 9.84 Å². The Bertz CT molecular complexity index is 478. The van der Waals surface area contributed by atoms with Gasteiger partial charge in [-0.05, 0) is 18.6 Å². The van der Waals surface area contributed by atoms with E-state index in [9.17, 15) is 18.5 Å². The molecule has 14 heavy (non-hydrogen) atoms. The molecule has 0 bridgehead atoms. The highest BCUT2D eigenvalue weighted by atomic mass is 32.2. The highest BCUT2D eigenvalue weighted by Gasteiger charge is 2.21. The molecule has 0 aromatic heterocycles. The molecule has 6 heteroatoms. The molecule has 0 fully saturated rings. The van der Waals surface area contributed by atoms with E-state index in [2.05, 4.69) is 0 Å². The molecule has 1 aromatic carbocycles. The topological polar surface area (TPSA) is 77.3 Å². The summed E-state index contributed by atoms with van der Waals surface area (Å²) in [7, 11) is -3.54. The summed E-state index contributed by atoms with van der Waals surface area (Å²) in [5, 5.41) is 10.5. The maximum absolute atomic E-state index is 11.2. The van der Waals surface area contributed by atoms with Crippen molar-refractivity contribution < 1.29 is 13.3 Å². The molecule has 5 nitrogen and oxygen atoms in total. The van der Waals surface area contributed by atoms with Crippen LogP contribution < -0.4 is 0 Å². The van der Waals surface area contributed by atoms with Gasteiger partial charge in [0.1, 0.15) is 4.90 Å². The molecule has 0 amide bonds.